The lowest BCUT2D eigenvalue weighted by molar-refractivity contribution is -0.122. The quantitative estimate of drug-likeness (QED) is 0.657. The number of aromatic hydroxyl groups is 1. The Labute approximate surface area is 132 Å². The molecule has 1 aliphatic heterocycles. The molecule has 1 N–H and O–H groups in total. The van der Waals surface area contributed by atoms with Gasteiger partial charge in [-0.05, 0) is 12.1 Å². The lowest BCUT2D eigenvalue weighted by Gasteiger charge is -2.16. The number of fused-ring (bicyclic) bond motifs is 1. The van der Waals surface area contributed by atoms with Gasteiger partial charge in [0.15, 0.2) is 5.78 Å². The summed E-state index contributed by atoms with van der Waals surface area (Å²) in [5, 5.41) is 19.3. The van der Waals surface area contributed by atoms with Gasteiger partial charge in [-0.1, -0.05) is 44.3 Å². The summed E-state index contributed by atoms with van der Waals surface area (Å²) in [4.78, 5) is 13.7. The van der Waals surface area contributed by atoms with Crippen molar-refractivity contribution in [3.05, 3.63) is 21.9 Å². The number of rotatable bonds is 2. The molecule has 1 aromatic rings. The fourth-order valence-electron chi connectivity index (χ4n) is 1.76. The van der Waals surface area contributed by atoms with Gasteiger partial charge in [0.1, 0.15) is 23.1 Å². The molecule has 0 aromatic heterocycles. The van der Waals surface area contributed by atoms with Crippen LogP contribution in [0.3, 0.4) is 0 Å². The number of hydrogen-bond donors (Lipinski definition) is 1. The zero-order valence-corrected chi connectivity index (χ0v) is 13.8. The van der Waals surface area contributed by atoms with Crippen molar-refractivity contribution in [2.24, 2.45) is 5.41 Å². The number of benzene rings is 1. The van der Waals surface area contributed by atoms with Crippen LogP contribution in [0.1, 0.15) is 20.8 Å². The van der Waals surface area contributed by atoms with Gasteiger partial charge in [0, 0.05) is 5.41 Å². The Morgan fingerprint density at radius 2 is 1.90 bits per heavy atom. The number of methoxy groups -OCH3 is 1. The maximum Gasteiger partial charge on any atom is 0.180 e. The van der Waals surface area contributed by atoms with Crippen LogP contribution in [-0.4, -0.2) is 18.0 Å². The van der Waals surface area contributed by atoms with Crippen molar-refractivity contribution in [1.29, 1.82) is 5.26 Å². The number of phenolic OH excluding ortho intramolecular Hbond substituents is 1. The van der Waals surface area contributed by atoms with E-state index in [1.165, 1.54) is 23.5 Å². The number of Topliss-reactive ketones (excluding diaryl/α,β-unsaturated/α-hetero) is 1. The van der Waals surface area contributed by atoms with Gasteiger partial charge in [-0.2, -0.15) is 5.26 Å². The van der Waals surface area contributed by atoms with Crippen molar-refractivity contribution >= 4 is 29.3 Å². The number of carbonyl (C=O) groups excluding carboxylic acids is 1. The third-order valence-electron chi connectivity index (χ3n) is 2.89. The maximum absolute atomic E-state index is 12.4. The van der Waals surface area contributed by atoms with Crippen LogP contribution < -0.4 is 4.74 Å². The van der Waals surface area contributed by atoms with Gasteiger partial charge in [-0.25, -0.2) is 0 Å². The zero-order chi connectivity index (χ0) is 15.8. The van der Waals surface area contributed by atoms with E-state index >= 15 is 0 Å². The number of nitriles is 1. The summed E-state index contributed by atoms with van der Waals surface area (Å²) in [7, 11) is 1.55. The number of thioether (sulfide) groups is 2. The van der Waals surface area contributed by atoms with Gasteiger partial charge in [0.2, 0.25) is 0 Å². The van der Waals surface area contributed by atoms with Crippen LogP contribution in [0.2, 0.25) is 0 Å². The number of phenols is 1. The summed E-state index contributed by atoms with van der Waals surface area (Å²) < 4.78 is 5.86. The molecule has 110 valence electrons. The maximum atomic E-state index is 12.4. The van der Waals surface area contributed by atoms with Crippen LogP contribution in [0, 0.1) is 16.7 Å². The SMILES string of the molecule is COc1ccc(O)c2c1S/C(=C(\C#N)C(=O)C(C)(C)C)S2. The Kier molecular flexibility index (Phi) is 4.26. The minimum absolute atomic E-state index is 0.124. The molecule has 0 fully saturated rings. The molecule has 6 heteroatoms. The summed E-state index contributed by atoms with van der Waals surface area (Å²) in [5.41, 5.74) is -0.491. The highest BCUT2D eigenvalue weighted by atomic mass is 32.2. The number of ether oxygens (including phenoxy) is 1. The van der Waals surface area contributed by atoms with Crippen LogP contribution in [0.4, 0.5) is 0 Å². The van der Waals surface area contributed by atoms with Crippen molar-refractivity contribution in [2.45, 2.75) is 30.6 Å². The van der Waals surface area contributed by atoms with Crippen LogP contribution in [0.5, 0.6) is 11.5 Å². The zero-order valence-electron chi connectivity index (χ0n) is 12.2. The first-order chi connectivity index (χ1) is 9.79. The highest BCUT2D eigenvalue weighted by Gasteiger charge is 2.33. The van der Waals surface area contributed by atoms with E-state index in [0.29, 0.717) is 14.9 Å². The topological polar surface area (TPSA) is 70.3 Å². The van der Waals surface area contributed by atoms with E-state index in [9.17, 15) is 15.2 Å². The first-order valence-electron chi connectivity index (χ1n) is 6.24. The molecule has 21 heavy (non-hydrogen) atoms. The normalized spacial score (nSPS) is 16.1. The molecule has 0 spiro atoms. The standard InChI is InChI=1S/C15H15NO3S2/c1-15(2,3)13(18)8(7-16)14-20-11-9(17)5-6-10(19-4)12(11)21-14/h5-6,17H,1-4H3/b14-8+. The van der Waals surface area contributed by atoms with Gasteiger partial charge in [0.25, 0.3) is 0 Å². The number of hydrogen-bond acceptors (Lipinski definition) is 6. The molecule has 1 heterocycles. The number of carbonyl (C=O) groups is 1. The fraction of sp³-hybridized carbons (Fsp3) is 0.333. The highest BCUT2D eigenvalue weighted by molar-refractivity contribution is 8.24. The molecular weight excluding hydrogens is 306 g/mol. The summed E-state index contributed by atoms with van der Waals surface area (Å²) in [6, 6.07) is 5.22. The Bertz CT molecular complexity index is 681. The molecule has 0 radical (unpaired) electrons. The molecule has 1 aromatic carbocycles. The minimum atomic E-state index is -0.625. The second-order valence-electron chi connectivity index (χ2n) is 5.50. The highest BCUT2D eigenvalue weighted by Crippen LogP contribution is 2.58. The van der Waals surface area contributed by atoms with E-state index in [4.69, 9.17) is 4.74 Å². The number of allylic oxidation sites excluding steroid dienone is 1. The Morgan fingerprint density at radius 1 is 1.29 bits per heavy atom. The molecule has 0 saturated heterocycles. The molecular formula is C15H15NO3S2. The minimum Gasteiger partial charge on any atom is -0.507 e. The average Bonchev–Trinajstić information content (AvgIpc) is 2.84. The van der Waals surface area contributed by atoms with Crippen LogP contribution in [0.15, 0.2) is 31.7 Å². The molecule has 0 bridgehead atoms. The number of ketones is 1. The van der Waals surface area contributed by atoms with Crippen molar-refractivity contribution in [3.63, 3.8) is 0 Å². The van der Waals surface area contributed by atoms with Gasteiger partial charge in [-0.3, -0.25) is 4.79 Å². The van der Waals surface area contributed by atoms with Crippen molar-refractivity contribution < 1.29 is 14.6 Å². The average molecular weight is 321 g/mol. The van der Waals surface area contributed by atoms with E-state index in [1.54, 1.807) is 40.0 Å². The molecule has 0 unspecified atom stereocenters. The predicted octanol–water partition coefficient (Wildman–Crippen LogP) is 3.95. The summed E-state index contributed by atoms with van der Waals surface area (Å²) in [6.07, 6.45) is 0. The van der Waals surface area contributed by atoms with Crippen molar-refractivity contribution in [3.8, 4) is 17.6 Å². The summed E-state index contributed by atoms with van der Waals surface area (Å²) in [6.45, 7) is 5.34. The molecule has 0 saturated carbocycles. The molecule has 4 nitrogen and oxygen atoms in total. The van der Waals surface area contributed by atoms with Gasteiger partial charge in [0.05, 0.1) is 21.1 Å². The lowest BCUT2D eigenvalue weighted by atomic mass is 9.87. The number of nitrogens with zero attached hydrogens (tertiary/aromatic N) is 1. The predicted molar refractivity (Wildman–Crippen MR) is 83.5 cm³/mol. The van der Waals surface area contributed by atoms with Gasteiger partial charge >= 0.3 is 0 Å². The van der Waals surface area contributed by atoms with E-state index < -0.39 is 5.41 Å². The van der Waals surface area contributed by atoms with Crippen molar-refractivity contribution in [2.75, 3.05) is 7.11 Å². The largest absolute Gasteiger partial charge is 0.507 e. The van der Waals surface area contributed by atoms with Crippen LogP contribution >= 0.6 is 23.5 Å². The molecule has 0 amide bonds. The fourth-order valence-corrected chi connectivity index (χ4v) is 4.35. The van der Waals surface area contributed by atoms with E-state index in [-0.39, 0.29) is 17.1 Å². The first kappa shape index (κ1) is 15.8. The smallest absolute Gasteiger partial charge is 0.180 e. The summed E-state index contributed by atoms with van der Waals surface area (Å²) in [5.74, 6) is 0.542. The van der Waals surface area contributed by atoms with Gasteiger partial charge in [-0.15, -0.1) is 0 Å². The second kappa shape index (κ2) is 5.66. The monoisotopic (exact) mass is 321 g/mol. The van der Waals surface area contributed by atoms with E-state index in [0.717, 1.165) is 4.90 Å². The molecule has 0 atom stereocenters. The third kappa shape index (κ3) is 2.89. The summed E-state index contributed by atoms with van der Waals surface area (Å²) >= 11 is 2.53. The molecule has 2 rings (SSSR count). The molecule has 1 aliphatic rings. The molecule has 0 aliphatic carbocycles. The van der Waals surface area contributed by atoms with E-state index in [2.05, 4.69) is 0 Å². The Balaban J connectivity index is 2.51. The van der Waals surface area contributed by atoms with Crippen LogP contribution in [-0.2, 0) is 4.79 Å². The van der Waals surface area contributed by atoms with E-state index in [1.807, 2.05) is 6.07 Å². The van der Waals surface area contributed by atoms with Gasteiger partial charge < -0.3 is 9.84 Å². The van der Waals surface area contributed by atoms with Crippen molar-refractivity contribution in [1.82, 2.24) is 0 Å². The Hall–Kier alpha value is -1.58. The second-order valence-corrected chi connectivity index (χ2v) is 7.80. The third-order valence-corrected chi connectivity index (χ3v) is 5.52. The lowest BCUT2D eigenvalue weighted by Crippen LogP contribution is -2.21. The Morgan fingerprint density at radius 3 is 2.43 bits per heavy atom. The first-order valence-corrected chi connectivity index (χ1v) is 7.87. The van der Waals surface area contributed by atoms with Crippen LogP contribution in [0.25, 0.3) is 0 Å².